The van der Waals surface area contributed by atoms with Crippen LogP contribution in [0.1, 0.15) is 15.2 Å². The number of hydrogen-bond acceptors (Lipinski definition) is 5. The Hall–Kier alpha value is -0.960. The number of thiophene rings is 1. The van der Waals surface area contributed by atoms with Crippen molar-refractivity contribution in [1.82, 2.24) is 4.89 Å². The molecule has 0 aliphatic heterocycles. The van der Waals surface area contributed by atoms with Crippen LogP contribution in [0, 0.1) is 6.92 Å². The van der Waals surface area contributed by atoms with Gasteiger partial charge in [-0.1, -0.05) is 4.89 Å². The van der Waals surface area contributed by atoms with Crippen molar-refractivity contribution >= 4 is 27.3 Å². The lowest BCUT2D eigenvalue weighted by Gasteiger charge is -2.04. The second kappa shape index (κ2) is 4.27. The Morgan fingerprint density at radius 2 is 2.20 bits per heavy atom. The zero-order chi connectivity index (χ0) is 11.6. The van der Waals surface area contributed by atoms with Crippen molar-refractivity contribution in [3.05, 3.63) is 15.8 Å². The lowest BCUT2D eigenvalue weighted by Crippen LogP contribution is -2.24. The van der Waals surface area contributed by atoms with E-state index in [0.29, 0.717) is 5.56 Å². The molecule has 0 unspecified atom stereocenters. The van der Waals surface area contributed by atoms with Crippen LogP contribution >= 0.6 is 11.3 Å². The van der Waals surface area contributed by atoms with E-state index in [1.54, 1.807) is 4.89 Å². The summed E-state index contributed by atoms with van der Waals surface area (Å²) in [6.07, 6.45) is 0. The molecule has 0 radical (unpaired) electrons. The van der Waals surface area contributed by atoms with Crippen LogP contribution in [0.3, 0.4) is 0 Å². The van der Waals surface area contributed by atoms with E-state index in [0.717, 1.165) is 18.4 Å². The van der Waals surface area contributed by atoms with Gasteiger partial charge in [-0.3, -0.25) is 4.84 Å². The summed E-state index contributed by atoms with van der Waals surface area (Å²) >= 11 is 0.863. The largest absolute Gasteiger partial charge is 0.477 e. The fraction of sp³-hybridized carbons (Fsp3) is 0.286. The fourth-order valence-electron chi connectivity index (χ4n) is 1.07. The molecule has 1 aromatic rings. The van der Waals surface area contributed by atoms with Gasteiger partial charge in [0.1, 0.15) is 9.77 Å². The average Bonchev–Trinajstić information content (AvgIpc) is 2.47. The highest BCUT2D eigenvalue weighted by Gasteiger charge is 2.26. The minimum absolute atomic E-state index is 0.225. The summed E-state index contributed by atoms with van der Waals surface area (Å²) < 4.78 is 23.1. The number of aryl methyl sites for hydroxylation is 1. The highest BCUT2D eigenvalue weighted by molar-refractivity contribution is 7.89. The smallest absolute Gasteiger partial charge is 0.347 e. The van der Waals surface area contributed by atoms with Crippen LogP contribution in [0.5, 0.6) is 0 Å². The maximum atomic E-state index is 11.5. The zero-order valence-electron chi connectivity index (χ0n) is 7.97. The molecule has 0 aliphatic carbocycles. The number of nitrogens with one attached hydrogen (secondary N) is 1. The van der Waals surface area contributed by atoms with Crippen molar-refractivity contribution in [2.24, 2.45) is 0 Å². The van der Waals surface area contributed by atoms with Gasteiger partial charge in [-0.05, 0) is 17.9 Å². The first-order valence-corrected chi connectivity index (χ1v) is 6.12. The van der Waals surface area contributed by atoms with Crippen molar-refractivity contribution in [2.75, 3.05) is 7.11 Å². The maximum Gasteiger partial charge on any atom is 0.347 e. The minimum Gasteiger partial charge on any atom is -0.477 e. The van der Waals surface area contributed by atoms with Gasteiger partial charge in [0.15, 0.2) is 0 Å². The molecule has 0 aromatic carbocycles. The summed E-state index contributed by atoms with van der Waals surface area (Å²) in [7, 11) is -2.78. The predicted molar refractivity (Wildman–Crippen MR) is 53.3 cm³/mol. The molecule has 0 fully saturated rings. The van der Waals surface area contributed by atoms with E-state index < -0.39 is 16.0 Å². The first-order chi connectivity index (χ1) is 6.90. The van der Waals surface area contributed by atoms with Crippen LogP contribution in [0.2, 0.25) is 0 Å². The number of sulfonamides is 1. The van der Waals surface area contributed by atoms with Crippen LogP contribution in [0.4, 0.5) is 0 Å². The van der Waals surface area contributed by atoms with E-state index in [-0.39, 0.29) is 9.77 Å². The number of rotatable bonds is 4. The predicted octanol–water partition coefficient (Wildman–Crippen LogP) is 0.594. The monoisotopic (exact) mass is 251 g/mol. The van der Waals surface area contributed by atoms with Gasteiger partial charge in [0.2, 0.25) is 0 Å². The van der Waals surface area contributed by atoms with Gasteiger partial charge in [-0.25, -0.2) is 13.2 Å². The number of aromatic carboxylic acids is 1. The van der Waals surface area contributed by atoms with E-state index in [1.807, 2.05) is 0 Å². The molecular formula is C7H9NO5S2. The molecule has 0 atom stereocenters. The van der Waals surface area contributed by atoms with Crippen LogP contribution < -0.4 is 4.89 Å². The first-order valence-electron chi connectivity index (χ1n) is 3.76. The van der Waals surface area contributed by atoms with E-state index in [4.69, 9.17) is 5.11 Å². The summed E-state index contributed by atoms with van der Waals surface area (Å²) in [5.74, 6) is -1.27. The molecule has 8 heteroatoms. The molecule has 6 nitrogen and oxygen atoms in total. The van der Waals surface area contributed by atoms with Gasteiger partial charge >= 0.3 is 5.97 Å². The SMILES string of the molecule is CONS(=O)(=O)c1c(C)csc1C(=O)O. The third-order valence-corrected chi connectivity index (χ3v) is 4.24. The van der Waals surface area contributed by atoms with Gasteiger partial charge in [-0.2, -0.15) is 0 Å². The molecule has 0 saturated carbocycles. The standard InChI is InChI=1S/C7H9NO5S2/c1-4-3-14-5(7(9)10)6(4)15(11,12)8-13-2/h3,8H,1-2H3,(H,9,10). The summed E-state index contributed by atoms with van der Waals surface area (Å²) in [6, 6.07) is 0. The Balaban J connectivity index is 3.36. The van der Waals surface area contributed by atoms with Crippen LogP contribution in [0.15, 0.2) is 10.3 Å². The van der Waals surface area contributed by atoms with Gasteiger partial charge in [-0.15, -0.1) is 11.3 Å². The Labute approximate surface area is 90.5 Å². The molecule has 0 aliphatic rings. The van der Waals surface area contributed by atoms with Gasteiger partial charge in [0.05, 0.1) is 7.11 Å². The van der Waals surface area contributed by atoms with Crippen LogP contribution in [-0.2, 0) is 14.9 Å². The van der Waals surface area contributed by atoms with Crippen molar-refractivity contribution in [3.63, 3.8) is 0 Å². The highest BCUT2D eigenvalue weighted by Crippen LogP contribution is 2.26. The van der Waals surface area contributed by atoms with E-state index >= 15 is 0 Å². The van der Waals surface area contributed by atoms with Gasteiger partial charge in [0, 0.05) is 0 Å². The minimum atomic E-state index is -3.92. The molecule has 1 rings (SSSR count). The Kier molecular flexibility index (Phi) is 3.45. The number of carbonyl (C=O) groups is 1. The lowest BCUT2D eigenvalue weighted by molar-refractivity contribution is 0.0698. The highest BCUT2D eigenvalue weighted by atomic mass is 32.2. The molecule has 1 aromatic heterocycles. The second-order valence-electron chi connectivity index (χ2n) is 2.67. The van der Waals surface area contributed by atoms with E-state index in [1.165, 1.54) is 12.3 Å². The zero-order valence-corrected chi connectivity index (χ0v) is 9.61. The van der Waals surface area contributed by atoms with Crippen molar-refractivity contribution in [1.29, 1.82) is 0 Å². The summed E-state index contributed by atoms with van der Waals surface area (Å²) in [5.41, 5.74) is 0.377. The Morgan fingerprint density at radius 1 is 1.60 bits per heavy atom. The quantitative estimate of drug-likeness (QED) is 0.764. The summed E-state index contributed by atoms with van der Waals surface area (Å²) in [6.45, 7) is 1.52. The van der Waals surface area contributed by atoms with Crippen molar-refractivity contribution < 1.29 is 23.2 Å². The summed E-state index contributed by atoms with van der Waals surface area (Å²) in [5, 5.41) is 10.3. The average molecular weight is 251 g/mol. The molecule has 2 N–H and O–H groups in total. The molecule has 0 amide bonds. The Morgan fingerprint density at radius 3 is 2.67 bits per heavy atom. The molecule has 0 bridgehead atoms. The second-order valence-corrected chi connectivity index (χ2v) is 5.13. The Bertz CT molecular complexity index is 476. The fourth-order valence-corrected chi connectivity index (χ4v) is 3.51. The first kappa shape index (κ1) is 12.1. The molecule has 0 saturated heterocycles. The third-order valence-electron chi connectivity index (χ3n) is 1.57. The lowest BCUT2D eigenvalue weighted by atomic mass is 10.3. The summed E-state index contributed by atoms with van der Waals surface area (Å²) in [4.78, 5) is 16.4. The number of carboxylic acids is 1. The van der Waals surface area contributed by atoms with Gasteiger partial charge < -0.3 is 5.11 Å². The van der Waals surface area contributed by atoms with Crippen molar-refractivity contribution in [3.8, 4) is 0 Å². The van der Waals surface area contributed by atoms with E-state index in [9.17, 15) is 13.2 Å². The van der Waals surface area contributed by atoms with Crippen LogP contribution in [0.25, 0.3) is 0 Å². The molecule has 0 spiro atoms. The maximum absolute atomic E-state index is 11.5. The topological polar surface area (TPSA) is 92.7 Å². The molecule has 84 valence electrons. The normalized spacial score (nSPS) is 11.6. The molecular weight excluding hydrogens is 242 g/mol. The third kappa shape index (κ3) is 2.34. The number of carboxylic acid groups (broad SMARTS) is 1. The molecule has 1 heterocycles. The van der Waals surface area contributed by atoms with Gasteiger partial charge in [0.25, 0.3) is 10.0 Å². The number of hydrogen-bond donors (Lipinski definition) is 2. The van der Waals surface area contributed by atoms with E-state index in [2.05, 4.69) is 4.84 Å². The van der Waals surface area contributed by atoms with Crippen LogP contribution in [-0.4, -0.2) is 26.6 Å². The molecule has 15 heavy (non-hydrogen) atoms. The van der Waals surface area contributed by atoms with Crippen molar-refractivity contribution in [2.45, 2.75) is 11.8 Å².